The highest BCUT2D eigenvalue weighted by Crippen LogP contribution is 2.50. The SMILES string of the molecule is CCC(C)(C)C(=O)C1(C#N)CC1. The van der Waals surface area contributed by atoms with Crippen LogP contribution >= 0.6 is 0 Å². The first-order chi connectivity index (χ1) is 5.48. The van der Waals surface area contributed by atoms with Crippen molar-refractivity contribution in [3.63, 3.8) is 0 Å². The fraction of sp³-hybridized carbons (Fsp3) is 0.800. The number of Topliss-reactive ketones (excluding diaryl/α,β-unsaturated/α-hetero) is 1. The van der Waals surface area contributed by atoms with Crippen molar-refractivity contribution in [1.29, 1.82) is 5.26 Å². The summed E-state index contributed by atoms with van der Waals surface area (Å²) in [6.45, 7) is 5.84. The molecule has 0 aromatic carbocycles. The van der Waals surface area contributed by atoms with Crippen molar-refractivity contribution in [2.75, 3.05) is 0 Å². The summed E-state index contributed by atoms with van der Waals surface area (Å²) in [5.74, 6) is 0.139. The Morgan fingerprint density at radius 1 is 1.58 bits per heavy atom. The van der Waals surface area contributed by atoms with Gasteiger partial charge in [0.15, 0.2) is 5.78 Å². The number of hydrogen-bond acceptors (Lipinski definition) is 2. The largest absolute Gasteiger partial charge is 0.297 e. The van der Waals surface area contributed by atoms with E-state index in [1.54, 1.807) is 0 Å². The Morgan fingerprint density at radius 2 is 2.08 bits per heavy atom. The van der Waals surface area contributed by atoms with Crippen molar-refractivity contribution in [3.05, 3.63) is 0 Å². The molecule has 12 heavy (non-hydrogen) atoms. The van der Waals surface area contributed by atoms with Gasteiger partial charge in [0, 0.05) is 5.41 Å². The third-order valence-electron chi connectivity index (χ3n) is 2.90. The van der Waals surface area contributed by atoms with E-state index in [1.165, 1.54) is 0 Å². The maximum atomic E-state index is 11.8. The minimum Gasteiger partial charge on any atom is -0.297 e. The van der Waals surface area contributed by atoms with Gasteiger partial charge in [0.25, 0.3) is 0 Å². The third-order valence-corrected chi connectivity index (χ3v) is 2.90. The van der Waals surface area contributed by atoms with Crippen LogP contribution in [0.1, 0.15) is 40.0 Å². The molecule has 0 aromatic rings. The Kier molecular flexibility index (Phi) is 1.99. The number of nitriles is 1. The van der Waals surface area contributed by atoms with E-state index in [0.29, 0.717) is 0 Å². The predicted molar refractivity (Wildman–Crippen MR) is 46.4 cm³/mol. The Hall–Kier alpha value is -0.840. The van der Waals surface area contributed by atoms with E-state index in [0.717, 1.165) is 19.3 Å². The number of carbonyl (C=O) groups excluding carboxylic acids is 1. The van der Waals surface area contributed by atoms with Gasteiger partial charge >= 0.3 is 0 Å². The predicted octanol–water partition coefficient (Wildman–Crippen LogP) is 2.30. The highest BCUT2D eigenvalue weighted by molar-refractivity contribution is 5.94. The molecule has 0 bridgehead atoms. The van der Waals surface area contributed by atoms with E-state index in [9.17, 15) is 4.79 Å². The monoisotopic (exact) mass is 165 g/mol. The van der Waals surface area contributed by atoms with Crippen LogP contribution in [0.3, 0.4) is 0 Å². The summed E-state index contributed by atoms with van der Waals surface area (Å²) in [7, 11) is 0. The second-order valence-corrected chi connectivity index (χ2v) is 4.26. The molecular formula is C10H15NO. The van der Waals surface area contributed by atoms with Crippen LogP contribution in [0, 0.1) is 22.2 Å². The molecule has 66 valence electrons. The molecule has 0 atom stereocenters. The van der Waals surface area contributed by atoms with Crippen molar-refractivity contribution >= 4 is 5.78 Å². The normalized spacial score (nSPS) is 19.8. The minimum atomic E-state index is -0.598. The lowest BCUT2D eigenvalue weighted by molar-refractivity contribution is -0.130. The zero-order valence-electron chi connectivity index (χ0n) is 7.98. The summed E-state index contributed by atoms with van der Waals surface area (Å²) < 4.78 is 0. The molecule has 1 aliphatic rings. The quantitative estimate of drug-likeness (QED) is 0.643. The molecule has 0 amide bonds. The molecule has 0 radical (unpaired) electrons. The lowest BCUT2D eigenvalue weighted by atomic mass is 9.78. The summed E-state index contributed by atoms with van der Waals surface area (Å²) in [6.07, 6.45) is 2.35. The van der Waals surface area contributed by atoms with Crippen molar-refractivity contribution < 1.29 is 4.79 Å². The lowest BCUT2D eigenvalue weighted by Gasteiger charge is -2.23. The van der Waals surface area contributed by atoms with E-state index in [4.69, 9.17) is 5.26 Å². The van der Waals surface area contributed by atoms with E-state index in [1.807, 2.05) is 20.8 Å². The van der Waals surface area contributed by atoms with Gasteiger partial charge < -0.3 is 0 Å². The Labute approximate surface area is 73.6 Å². The van der Waals surface area contributed by atoms with Gasteiger partial charge in [-0.05, 0) is 19.3 Å². The first kappa shape index (κ1) is 9.25. The van der Waals surface area contributed by atoms with Crippen molar-refractivity contribution in [2.45, 2.75) is 40.0 Å². The molecule has 0 aliphatic heterocycles. The molecule has 2 nitrogen and oxygen atoms in total. The molecule has 0 unspecified atom stereocenters. The Balaban J connectivity index is 2.79. The molecular weight excluding hydrogens is 150 g/mol. The van der Waals surface area contributed by atoms with E-state index < -0.39 is 5.41 Å². The molecule has 0 N–H and O–H groups in total. The molecule has 1 aliphatic carbocycles. The average molecular weight is 165 g/mol. The zero-order chi connectivity index (χ0) is 9.41. The van der Waals surface area contributed by atoms with Gasteiger partial charge in [-0.1, -0.05) is 20.8 Å². The third kappa shape index (κ3) is 1.24. The van der Waals surface area contributed by atoms with Crippen LogP contribution in [0.25, 0.3) is 0 Å². The van der Waals surface area contributed by atoms with Gasteiger partial charge in [0.05, 0.1) is 6.07 Å². The van der Waals surface area contributed by atoms with E-state index in [2.05, 4.69) is 6.07 Å². The van der Waals surface area contributed by atoms with Crippen LogP contribution in [-0.4, -0.2) is 5.78 Å². The van der Waals surface area contributed by atoms with Gasteiger partial charge in [-0.15, -0.1) is 0 Å². The van der Waals surface area contributed by atoms with Crippen molar-refractivity contribution in [2.24, 2.45) is 10.8 Å². The van der Waals surface area contributed by atoms with Gasteiger partial charge in [-0.3, -0.25) is 4.79 Å². The summed E-state index contributed by atoms with van der Waals surface area (Å²) in [5, 5.41) is 8.81. The van der Waals surface area contributed by atoms with Crippen LogP contribution in [-0.2, 0) is 4.79 Å². The van der Waals surface area contributed by atoms with E-state index in [-0.39, 0.29) is 11.2 Å². The topological polar surface area (TPSA) is 40.9 Å². The second-order valence-electron chi connectivity index (χ2n) is 4.26. The standard InChI is InChI=1S/C10H15NO/c1-4-9(2,3)8(12)10(7-11)5-6-10/h4-6H2,1-3H3. The summed E-state index contributed by atoms with van der Waals surface area (Å²) >= 11 is 0. The summed E-state index contributed by atoms with van der Waals surface area (Å²) in [4.78, 5) is 11.8. The minimum absolute atomic E-state index is 0.139. The van der Waals surface area contributed by atoms with Crippen LogP contribution in [0.4, 0.5) is 0 Å². The number of nitrogens with zero attached hydrogens (tertiary/aromatic N) is 1. The molecule has 0 spiro atoms. The number of carbonyl (C=O) groups is 1. The van der Waals surface area contributed by atoms with Gasteiger partial charge in [-0.25, -0.2) is 0 Å². The molecule has 1 rings (SSSR count). The highest BCUT2D eigenvalue weighted by atomic mass is 16.1. The fourth-order valence-corrected chi connectivity index (χ4v) is 1.32. The zero-order valence-corrected chi connectivity index (χ0v) is 7.98. The second kappa shape index (κ2) is 2.58. The maximum Gasteiger partial charge on any atom is 0.158 e. The van der Waals surface area contributed by atoms with Crippen LogP contribution in [0.15, 0.2) is 0 Å². The van der Waals surface area contributed by atoms with Crippen LogP contribution in [0.2, 0.25) is 0 Å². The summed E-state index contributed by atoms with van der Waals surface area (Å²) in [5.41, 5.74) is -0.911. The maximum absolute atomic E-state index is 11.8. The Morgan fingerprint density at radius 3 is 2.33 bits per heavy atom. The first-order valence-corrected chi connectivity index (χ1v) is 4.45. The first-order valence-electron chi connectivity index (χ1n) is 4.45. The van der Waals surface area contributed by atoms with Crippen molar-refractivity contribution in [3.8, 4) is 6.07 Å². The van der Waals surface area contributed by atoms with Crippen LogP contribution < -0.4 is 0 Å². The molecule has 2 heteroatoms. The molecule has 1 fully saturated rings. The van der Waals surface area contributed by atoms with Gasteiger partial charge in [-0.2, -0.15) is 5.26 Å². The number of hydrogen-bond donors (Lipinski definition) is 0. The van der Waals surface area contributed by atoms with Crippen LogP contribution in [0.5, 0.6) is 0 Å². The Bertz CT molecular complexity index is 243. The van der Waals surface area contributed by atoms with Gasteiger partial charge in [0.1, 0.15) is 5.41 Å². The molecule has 0 heterocycles. The van der Waals surface area contributed by atoms with Crippen molar-refractivity contribution in [1.82, 2.24) is 0 Å². The average Bonchev–Trinajstić information content (AvgIpc) is 2.83. The molecule has 0 aromatic heterocycles. The summed E-state index contributed by atoms with van der Waals surface area (Å²) in [6, 6.07) is 2.14. The van der Waals surface area contributed by atoms with E-state index >= 15 is 0 Å². The lowest BCUT2D eigenvalue weighted by Crippen LogP contribution is -2.30. The fourth-order valence-electron chi connectivity index (χ4n) is 1.32. The number of rotatable bonds is 3. The smallest absolute Gasteiger partial charge is 0.158 e. The molecule has 1 saturated carbocycles. The molecule has 0 saturated heterocycles. The highest BCUT2D eigenvalue weighted by Gasteiger charge is 2.54. The number of ketones is 1. The van der Waals surface area contributed by atoms with Gasteiger partial charge in [0.2, 0.25) is 0 Å².